The third-order valence-electron chi connectivity index (χ3n) is 2.52. The molecular formula is C9H20N4. The summed E-state index contributed by atoms with van der Waals surface area (Å²) in [4.78, 5) is 6.46. The van der Waals surface area contributed by atoms with E-state index in [0.29, 0.717) is 6.04 Å². The van der Waals surface area contributed by atoms with E-state index >= 15 is 0 Å². The highest BCUT2D eigenvalue weighted by Crippen LogP contribution is 2.07. The highest BCUT2D eigenvalue weighted by molar-refractivity contribution is 5.79. The van der Waals surface area contributed by atoms with Crippen molar-refractivity contribution in [3.63, 3.8) is 0 Å². The summed E-state index contributed by atoms with van der Waals surface area (Å²) in [5, 5.41) is 6.42. The number of likely N-dealkylation sites (tertiary alicyclic amines) is 1. The molecule has 4 nitrogen and oxygen atoms in total. The Morgan fingerprint density at radius 3 is 2.46 bits per heavy atom. The number of hydrogen-bond donors (Lipinski definition) is 2. The molecule has 0 aromatic heterocycles. The molecule has 0 spiro atoms. The molecule has 1 aliphatic rings. The average molecular weight is 184 g/mol. The predicted molar refractivity (Wildman–Crippen MR) is 56.1 cm³/mol. The molecule has 4 heteroatoms. The van der Waals surface area contributed by atoms with Crippen LogP contribution in [-0.4, -0.2) is 51.1 Å². The van der Waals surface area contributed by atoms with Crippen molar-refractivity contribution in [2.75, 3.05) is 34.2 Å². The second kappa shape index (κ2) is 5.07. The first-order valence-corrected chi connectivity index (χ1v) is 4.86. The quantitative estimate of drug-likeness (QED) is 0.441. The van der Waals surface area contributed by atoms with Crippen LogP contribution in [0.15, 0.2) is 4.99 Å². The lowest BCUT2D eigenvalue weighted by atomic mass is 10.1. The van der Waals surface area contributed by atoms with Crippen LogP contribution in [0.5, 0.6) is 0 Å². The van der Waals surface area contributed by atoms with Gasteiger partial charge in [0.05, 0.1) is 0 Å². The summed E-state index contributed by atoms with van der Waals surface area (Å²) in [6.07, 6.45) is 2.41. The SMILES string of the molecule is CN=C(NC)NC1CCN(C)CC1. The molecule has 1 heterocycles. The summed E-state index contributed by atoms with van der Waals surface area (Å²) in [5.74, 6) is 0.898. The van der Waals surface area contributed by atoms with Crippen molar-refractivity contribution in [1.82, 2.24) is 15.5 Å². The normalized spacial score (nSPS) is 21.6. The van der Waals surface area contributed by atoms with E-state index in [9.17, 15) is 0 Å². The smallest absolute Gasteiger partial charge is 0.190 e. The maximum Gasteiger partial charge on any atom is 0.190 e. The van der Waals surface area contributed by atoms with Gasteiger partial charge in [-0.15, -0.1) is 0 Å². The Kier molecular flexibility index (Phi) is 4.02. The van der Waals surface area contributed by atoms with Crippen LogP contribution in [0.3, 0.4) is 0 Å². The van der Waals surface area contributed by atoms with Gasteiger partial charge in [-0.2, -0.15) is 0 Å². The molecule has 2 N–H and O–H groups in total. The summed E-state index contributed by atoms with van der Waals surface area (Å²) in [7, 11) is 5.86. The highest BCUT2D eigenvalue weighted by Gasteiger charge is 2.16. The molecule has 0 bridgehead atoms. The highest BCUT2D eigenvalue weighted by atomic mass is 15.2. The first kappa shape index (κ1) is 10.3. The van der Waals surface area contributed by atoms with Crippen LogP contribution in [0.25, 0.3) is 0 Å². The Hall–Kier alpha value is -0.770. The molecule has 1 fully saturated rings. The molecular weight excluding hydrogens is 164 g/mol. The van der Waals surface area contributed by atoms with Gasteiger partial charge in [0.2, 0.25) is 0 Å². The minimum Gasteiger partial charge on any atom is -0.359 e. The van der Waals surface area contributed by atoms with E-state index in [-0.39, 0.29) is 0 Å². The fourth-order valence-corrected chi connectivity index (χ4v) is 1.59. The van der Waals surface area contributed by atoms with E-state index in [2.05, 4.69) is 27.6 Å². The molecule has 1 rings (SSSR count). The van der Waals surface area contributed by atoms with Gasteiger partial charge in [-0.05, 0) is 33.0 Å². The van der Waals surface area contributed by atoms with Crippen molar-refractivity contribution >= 4 is 5.96 Å². The van der Waals surface area contributed by atoms with Crippen LogP contribution < -0.4 is 10.6 Å². The van der Waals surface area contributed by atoms with E-state index < -0.39 is 0 Å². The minimum atomic E-state index is 0.586. The molecule has 0 aliphatic carbocycles. The Bertz CT molecular complexity index is 170. The van der Waals surface area contributed by atoms with Crippen LogP contribution in [0, 0.1) is 0 Å². The van der Waals surface area contributed by atoms with E-state index in [1.807, 2.05) is 7.05 Å². The molecule has 76 valence electrons. The van der Waals surface area contributed by atoms with Crippen LogP contribution in [-0.2, 0) is 0 Å². The minimum absolute atomic E-state index is 0.586. The van der Waals surface area contributed by atoms with Crippen LogP contribution in [0.4, 0.5) is 0 Å². The zero-order valence-electron chi connectivity index (χ0n) is 8.80. The van der Waals surface area contributed by atoms with Crippen LogP contribution in [0.2, 0.25) is 0 Å². The maximum absolute atomic E-state index is 4.10. The molecule has 0 unspecified atom stereocenters. The second-order valence-electron chi connectivity index (χ2n) is 3.54. The standard InChI is InChI=1S/C9H20N4/c1-10-9(11-2)12-8-4-6-13(3)7-5-8/h8H,4-7H2,1-3H3,(H2,10,11,12). The molecule has 0 aromatic rings. The fourth-order valence-electron chi connectivity index (χ4n) is 1.59. The Balaban J connectivity index is 2.29. The van der Waals surface area contributed by atoms with Gasteiger partial charge in [-0.1, -0.05) is 0 Å². The number of guanidine groups is 1. The number of piperidine rings is 1. The maximum atomic E-state index is 4.10. The number of rotatable bonds is 1. The largest absolute Gasteiger partial charge is 0.359 e. The van der Waals surface area contributed by atoms with E-state index in [0.717, 1.165) is 5.96 Å². The molecule has 1 saturated heterocycles. The molecule has 0 aromatic carbocycles. The van der Waals surface area contributed by atoms with Gasteiger partial charge in [0.15, 0.2) is 5.96 Å². The molecule has 0 radical (unpaired) electrons. The lowest BCUT2D eigenvalue weighted by molar-refractivity contribution is 0.246. The first-order chi connectivity index (χ1) is 6.26. The summed E-state index contributed by atoms with van der Waals surface area (Å²) in [6.45, 7) is 2.36. The zero-order chi connectivity index (χ0) is 9.68. The van der Waals surface area contributed by atoms with Gasteiger partial charge in [0, 0.05) is 20.1 Å². The van der Waals surface area contributed by atoms with Crippen molar-refractivity contribution < 1.29 is 0 Å². The monoisotopic (exact) mass is 184 g/mol. The number of aliphatic imine (C=N–C) groups is 1. The van der Waals surface area contributed by atoms with Crippen molar-refractivity contribution in [1.29, 1.82) is 0 Å². The molecule has 0 saturated carbocycles. The van der Waals surface area contributed by atoms with Gasteiger partial charge in [0.25, 0.3) is 0 Å². The topological polar surface area (TPSA) is 39.7 Å². The Morgan fingerprint density at radius 2 is 2.00 bits per heavy atom. The zero-order valence-corrected chi connectivity index (χ0v) is 8.80. The van der Waals surface area contributed by atoms with Crippen molar-refractivity contribution in [3.05, 3.63) is 0 Å². The number of nitrogens with zero attached hydrogens (tertiary/aromatic N) is 2. The summed E-state index contributed by atoms with van der Waals surface area (Å²) >= 11 is 0. The third kappa shape index (κ3) is 3.22. The second-order valence-corrected chi connectivity index (χ2v) is 3.54. The summed E-state index contributed by atoms with van der Waals surface area (Å²) in [6, 6.07) is 0.586. The number of nitrogens with one attached hydrogen (secondary N) is 2. The summed E-state index contributed by atoms with van der Waals surface area (Å²) < 4.78 is 0. The average Bonchev–Trinajstić information content (AvgIpc) is 2.17. The molecule has 1 aliphatic heterocycles. The van der Waals surface area contributed by atoms with Crippen molar-refractivity contribution in [3.8, 4) is 0 Å². The van der Waals surface area contributed by atoms with Crippen molar-refractivity contribution in [2.24, 2.45) is 4.99 Å². The lowest BCUT2D eigenvalue weighted by Crippen LogP contribution is -2.47. The Labute approximate surface area is 80.4 Å². The third-order valence-corrected chi connectivity index (χ3v) is 2.52. The Morgan fingerprint density at radius 1 is 1.38 bits per heavy atom. The fraction of sp³-hybridized carbons (Fsp3) is 0.889. The summed E-state index contributed by atoms with van der Waals surface area (Å²) in [5.41, 5.74) is 0. The lowest BCUT2D eigenvalue weighted by Gasteiger charge is -2.30. The van der Waals surface area contributed by atoms with Gasteiger partial charge in [-0.25, -0.2) is 0 Å². The van der Waals surface area contributed by atoms with Gasteiger partial charge >= 0.3 is 0 Å². The van der Waals surface area contributed by atoms with Gasteiger partial charge < -0.3 is 15.5 Å². The number of hydrogen-bond acceptors (Lipinski definition) is 2. The van der Waals surface area contributed by atoms with Crippen LogP contribution in [0.1, 0.15) is 12.8 Å². The molecule has 0 amide bonds. The molecule has 0 atom stereocenters. The van der Waals surface area contributed by atoms with Gasteiger partial charge in [-0.3, -0.25) is 4.99 Å². The van der Waals surface area contributed by atoms with E-state index in [4.69, 9.17) is 0 Å². The molecule has 13 heavy (non-hydrogen) atoms. The van der Waals surface area contributed by atoms with Gasteiger partial charge in [0.1, 0.15) is 0 Å². The van der Waals surface area contributed by atoms with E-state index in [1.54, 1.807) is 7.05 Å². The van der Waals surface area contributed by atoms with E-state index in [1.165, 1.54) is 25.9 Å². The predicted octanol–water partition coefficient (Wildman–Crippen LogP) is -0.125. The first-order valence-electron chi connectivity index (χ1n) is 4.86. The van der Waals surface area contributed by atoms with Crippen molar-refractivity contribution in [2.45, 2.75) is 18.9 Å². The van der Waals surface area contributed by atoms with Crippen LogP contribution >= 0.6 is 0 Å².